The van der Waals surface area contributed by atoms with Gasteiger partial charge >= 0.3 is 6.09 Å². The van der Waals surface area contributed by atoms with E-state index in [0.29, 0.717) is 25.5 Å². The molecule has 2 rings (SSSR count). The van der Waals surface area contributed by atoms with E-state index >= 15 is 0 Å². The molecular formula is C25H37N3O3. The average Bonchev–Trinajstić information content (AvgIpc) is 2.67. The van der Waals surface area contributed by atoms with Gasteiger partial charge in [0.15, 0.2) is 5.78 Å². The normalized spacial score (nSPS) is 18.6. The molecule has 1 saturated heterocycles. The van der Waals surface area contributed by atoms with E-state index in [4.69, 9.17) is 4.74 Å². The predicted molar refractivity (Wildman–Crippen MR) is 125 cm³/mol. The van der Waals surface area contributed by atoms with Crippen LogP contribution in [0.1, 0.15) is 53.0 Å². The van der Waals surface area contributed by atoms with Crippen molar-refractivity contribution in [2.45, 2.75) is 65.5 Å². The van der Waals surface area contributed by atoms with Crippen LogP contribution in [-0.4, -0.2) is 58.9 Å². The molecule has 1 aliphatic rings. The first kappa shape index (κ1) is 24.6. The molecule has 6 nitrogen and oxygen atoms in total. The smallest absolute Gasteiger partial charge is 0.417 e. The molecule has 31 heavy (non-hydrogen) atoms. The van der Waals surface area contributed by atoms with Crippen LogP contribution in [0, 0.1) is 5.92 Å². The van der Waals surface area contributed by atoms with Crippen molar-refractivity contribution in [3.05, 3.63) is 48.6 Å². The van der Waals surface area contributed by atoms with Crippen LogP contribution in [0.25, 0.3) is 0 Å². The lowest BCUT2D eigenvalue weighted by Gasteiger charge is -2.42. The number of nitrogens with zero attached hydrogens (tertiary/aromatic N) is 3. The molecule has 0 saturated carbocycles. The van der Waals surface area contributed by atoms with Crippen molar-refractivity contribution < 1.29 is 14.3 Å². The lowest BCUT2D eigenvalue weighted by molar-refractivity contribution is -0.126. The highest BCUT2D eigenvalue weighted by atomic mass is 16.6. The second-order valence-corrected chi connectivity index (χ2v) is 9.40. The Kier molecular flexibility index (Phi) is 8.84. The third-order valence-corrected chi connectivity index (χ3v) is 4.91. The summed E-state index contributed by atoms with van der Waals surface area (Å²) >= 11 is 0. The van der Waals surface area contributed by atoms with Gasteiger partial charge in [-0.15, -0.1) is 6.58 Å². The zero-order chi connectivity index (χ0) is 23.0. The van der Waals surface area contributed by atoms with Crippen molar-refractivity contribution in [3.63, 3.8) is 0 Å². The number of ketones is 1. The Morgan fingerprint density at radius 2 is 1.97 bits per heavy atom. The molecule has 0 unspecified atom stereocenters. The summed E-state index contributed by atoms with van der Waals surface area (Å²) < 4.78 is 5.67. The summed E-state index contributed by atoms with van der Waals surface area (Å²) in [6.45, 7) is 14.6. The maximum Gasteiger partial charge on any atom is 0.417 e. The van der Waals surface area contributed by atoms with Gasteiger partial charge in [-0.1, -0.05) is 50.3 Å². The van der Waals surface area contributed by atoms with E-state index in [1.807, 2.05) is 57.7 Å². The first-order chi connectivity index (χ1) is 14.6. The molecule has 0 radical (unpaired) electrons. The van der Waals surface area contributed by atoms with Crippen molar-refractivity contribution in [2.75, 3.05) is 19.6 Å². The van der Waals surface area contributed by atoms with Gasteiger partial charge in [0.25, 0.3) is 0 Å². The first-order valence-corrected chi connectivity index (χ1v) is 11.1. The molecule has 1 aromatic rings. The molecule has 6 heteroatoms. The average molecular weight is 428 g/mol. The largest absolute Gasteiger partial charge is 0.443 e. The highest BCUT2D eigenvalue weighted by Gasteiger charge is 2.43. The highest BCUT2D eigenvalue weighted by molar-refractivity contribution is 6.05. The molecule has 1 aromatic carbocycles. The number of hydrogen-bond donors (Lipinski definition) is 0. The topological polar surface area (TPSA) is 62.2 Å². The van der Waals surface area contributed by atoms with E-state index in [9.17, 15) is 9.59 Å². The first-order valence-electron chi connectivity index (χ1n) is 11.1. The number of amides is 1. The maximum absolute atomic E-state index is 13.2. The lowest BCUT2D eigenvalue weighted by Crippen LogP contribution is -2.63. The van der Waals surface area contributed by atoms with Crippen LogP contribution in [0.2, 0.25) is 0 Å². The molecule has 1 aliphatic heterocycles. The summed E-state index contributed by atoms with van der Waals surface area (Å²) in [6, 6.07) is 9.68. The van der Waals surface area contributed by atoms with Gasteiger partial charge in [-0.3, -0.25) is 4.79 Å². The third kappa shape index (κ3) is 7.53. The minimum Gasteiger partial charge on any atom is -0.443 e. The standard InChI is InChI=1S/C25H37N3O3/c1-7-15-26-23-27(16-11-14-20-12-9-8-10-13-20)18-22(29)21(17-19(2)3)28(23)24(30)31-25(4,5)6/h7-10,12-13,19,21H,1,11,14-18H2,2-6H3/t21-/m0/s1. The summed E-state index contributed by atoms with van der Waals surface area (Å²) in [5, 5.41) is 0. The van der Waals surface area contributed by atoms with Crippen molar-refractivity contribution in [1.29, 1.82) is 0 Å². The monoisotopic (exact) mass is 427 g/mol. The molecule has 1 amide bonds. The van der Waals surface area contributed by atoms with Crippen molar-refractivity contribution >= 4 is 17.8 Å². The fourth-order valence-electron chi connectivity index (χ4n) is 3.62. The Morgan fingerprint density at radius 1 is 1.29 bits per heavy atom. The molecule has 170 valence electrons. The summed E-state index contributed by atoms with van der Waals surface area (Å²) in [7, 11) is 0. The van der Waals surface area contributed by atoms with E-state index in [1.165, 1.54) is 10.5 Å². The number of rotatable bonds is 8. The Labute approximate surface area is 187 Å². The number of ether oxygens (including phenoxy) is 1. The van der Waals surface area contributed by atoms with E-state index < -0.39 is 17.7 Å². The molecule has 0 aromatic heterocycles. The molecule has 1 fully saturated rings. The van der Waals surface area contributed by atoms with Gasteiger partial charge in [-0.05, 0) is 51.5 Å². The molecule has 1 atom stereocenters. The van der Waals surface area contributed by atoms with Gasteiger partial charge in [-0.2, -0.15) is 0 Å². The van der Waals surface area contributed by atoms with E-state index in [-0.39, 0.29) is 18.2 Å². The van der Waals surface area contributed by atoms with Gasteiger partial charge in [0.2, 0.25) is 5.96 Å². The zero-order valence-electron chi connectivity index (χ0n) is 19.6. The molecule has 0 aliphatic carbocycles. The van der Waals surface area contributed by atoms with Crippen molar-refractivity contribution in [1.82, 2.24) is 9.80 Å². The number of aryl methyl sites for hydroxylation is 1. The highest BCUT2D eigenvalue weighted by Crippen LogP contribution is 2.24. The second-order valence-electron chi connectivity index (χ2n) is 9.40. The van der Waals surface area contributed by atoms with Crippen LogP contribution in [0.3, 0.4) is 0 Å². The Morgan fingerprint density at radius 3 is 2.55 bits per heavy atom. The van der Waals surface area contributed by atoms with Crippen LogP contribution in [0.15, 0.2) is 48.0 Å². The molecule has 0 bridgehead atoms. The van der Waals surface area contributed by atoms with E-state index in [0.717, 1.165) is 12.8 Å². The number of aliphatic imine (C=N–C) groups is 1. The second kappa shape index (κ2) is 11.1. The van der Waals surface area contributed by atoms with Crippen LogP contribution < -0.4 is 0 Å². The zero-order valence-corrected chi connectivity index (χ0v) is 19.6. The lowest BCUT2D eigenvalue weighted by atomic mass is 9.96. The number of hydrogen-bond acceptors (Lipinski definition) is 4. The SMILES string of the molecule is C=CCN=C1N(CCCc2ccccc2)CC(=O)[C@H](CC(C)C)N1C(=O)OC(C)(C)C. The number of carbonyl (C=O) groups excluding carboxylic acids is 2. The minimum absolute atomic E-state index is 0.0248. The summed E-state index contributed by atoms with van der Waals surface area (Å²) in [5.41, 5.74) is 0.582. The van der Waals surface area contributed by atoms with Gasteiger partial charge in [0.1, 0.15) is 11.6 Å². The fourth-order valence-corrected chi connectivity index (χ4v) is 3.62. The Hall–Kier alpha value is -2.63. The number of benzene rings is 1. The number of carbonyl (C=O) groups is 2. The minimum atomic E-state index is -0.665. The summed E-state index contributed by atoms with van der Waals surface area (Å²) in [5.74, 6) is 0.786. The molecular weight excluding hydrogens is 390 g/mol. The third-order valence-electron chi connectivity index (χ3n) is 4.91. The summed E-state index contributed by atoms with van der Waals surface area (Å²) in [4.78, 5) is 34.3. The van der Waals surface area contributed by atoms with Crippen LogP contribution >= 0.6 is 0 Å². The van der Waals surface area contributed by atoms with E-state index in [1.54, 1.807) is 6.08 Å². The van der Waals surface area contributed by atoms with Crippen molar-refractivity contribution in [2.24, 2.45) is 10.9 Å². The van der Waals surface area contributed by atoms with E-state index in [2.05, 4.69) is 23.7 Å². The predicted octanol–water partition coefficient (Wildman–Crippen LogP) is 4.70. The quantitative estimate of drug-likeness (QED) is 0.564. The number of guanidine groups is 1. The van der Waals surface area contributed by atoms with Gasteiger partial charge in [0, 0.05) is 6.54 Å². The van der Waals surface area contributed by atoms with Crippen LogP contribution in [0.4, 0.5) is 4.79 Å². The van der Waals surface area contributed by atoms with Crippen LogP contribution in [0.5, 0.6) is 0 Å². The van der Waals surface area contributed by atoms with Crippen molar-refractivity contribution in [3.8, 4) is 0 Å². The molecule has 1 heterocycles. The molecule has 0 spiro atoms. The maximum atomic E-state index is 13.2. The Balaban J connectivity index is 2.29. The number of Topliss-reactive ketones (excluding diaryl/α,β-unsaturated/α-hetero) is 1. The Bertz CT molecular complexity index is 781. The van der Waals surface area contributed by atoms with Gasteiger partial charge in [0.05, 0.1) is 13.1 Å². The fraction of sp³-hybridized carbons (Fsp3) is 0.560. The van der Waals surface area contributed by atoms with Crippen LogP contribution in [-0.2, 0) is 16.0 Å². The molecule has 0 N–H and O–H groups in total. The van der Waals surface area contributed by atoms with Gasteiger partial charge in [-0.25, -0.2) is 14.7 Å². The van der Waals surface area contributed by atoms with Gasteiger partial charge < -0.3 is 9.64 Å². The summed E-state index contributed by atoms with van der Waals surface area (Å²) in [6.07, 6.45) is 3.48.